The van der Waals surface area contributed by atoms with E-state index in [1.807, 2.05) is 0 Å². The summed E-state index contributed by atoms with van der Waals surface area (Å²) in [4.78, 5) is 0. The van der Waals surface area contributed by atoms with Gasteiger partial charge in [0, 0.05) is 55.2 Å². The van der Waals surface area contributed by atoms with Crippen molar-refractivity contribution < 1.29 is 9.15 Å². The lowest BCUT2D eigenvalue weighted by Crippen LogP contribution is -2.18. The molecular formula is C48H30N2O2. The van der Waals surface area contributed by atoms with Crippen LogP contribution in [0, 0.1) is 0 Å². The highest BCUT2D eigenvalue weighted by Crippen LogP contribution is 2.46. The van der Waals surface area contributed by atoms with Gasteiger partial charge in [0.15, 0.2) is 0 Å². The number of hydrogen-bond acceptors (Lipinski definition) is 2. The molecule has 4 heteroatoms. The molecule has 0 amide bonds. The van der Waals surface area contributed by atoms with Crippen LogP contribution >= 0.6 is 0 Å². The topological polar surface area (TPSA) is 32.2 Å². The molecule has 2 unspecified atom stereocenters. The summed E-state index contributed by atoms with van der Waals surface area (Å²) in [5.41, 5.74) is 12.4. The van der Waals surface area contributed by atoms with Crippen molar-refractivity contribution in [1.29, 1.82) is 0 Å². The Morgan fingerprint density at radius 1 is 0.462 bits per heavy atom. The van der Waals surface area contributed by atoms with Crippen LogP contribution in [0.1, 0.15) is 11.5 Å². The fourth-order valence-corrected chi connectivity index (χ4v) is 8.90. The van der Waals surface area contributed by atoms with Crippen LogP contribution < -0.4 is 4.74 Å². The first-order chi connectivity index (χ1) is 25.8. The van der Waals surface area contributed by atoms with Gasteiger partial charge in [0.25, 0.3) is 0 Å². The lowest BCUT2D eigenvalue weighted by molar-refractivity contribution is 0.269. The average Bonchev–Trinajstić information content (AvgIpc) is 3.94. The summed E-state index contributed by atoms with van der Waals surface area (Å²) in [5, 5.41) is 7.26. The average molecular weight is 667 g/mol. The Hall–Kier alpha value is -6.78. The summed E-state index contributed by atoms with van der Waals surface area (Å²) < 4.78 is 17.7. The van der Waals surface area contributed by atoms with E-state index in [1.54, 1.807) is 0 Å². The van der Waals surface area contributed by atoms with Gasteiger partial charge in [-0.05, 0) is 96.1 Å². The summed E-state index contributed by atoms with van der Waals surface area (Å²) in [6.45, 7) is 0. The molecule has 2 atom stereocenters. The third-order valence-electron chi connectivity index (χ3n) is 11.3. The van der Waals surface area contributed by atoms with Gasteiger partial charge in [-0.3, -0.25) is 0 Å². The molecule has 1 aliphatic carbocycles. The molecule has 7 aromatic carbocycles. The third-order valence-corrected chi connectivity index (χ3v) is 11.3. The molecule has 0 spiro atoms. The number of furan rings is 1. The molecule has 244 valence electrons. The Labute approximate surface area is 298 Å². The molecular weight excluding hydrogens is 637 g/mol. The molecule has 3 aromatic heterocycles. The fraction of sp³-hybridized carbons (Fsp3) is 0.0417. The number of hydrogen-bond donors (Lipinski definition) is 0. The normalized spacial score (nSPS) is 16.7. The van der Waals surface area contributed by atoms with Gasteiger partial charge in [-0.25, -0.2) is 0 Å². The molecule has 0 bridgehead atoms. The van der Waals surface area contributed by atoms with Crippen LogP contribution in [0.15, 0.2) is 174 Å². The Morgan fingerprint density at radius 2 is 1.00 bits per heavy atom. The van der Waals surface area contributed by atoms with E-state index in [-0.39, 0.29) is 12.0 Å². The van der Waals surface area contributed by atoms with Crippen molar-refractivity contribution in [1.82, 2.24) is 9.13 Å². The first kappa shape index (κ1) is 28.0. The highest BCUT2D eigenvalue weighted by molar-refractivity contribution is 6.12. The van der Waals surface area contributed by atoms with E-state index >= 15 is 0 Å². The highest BCUT2D eigenvalue weighted by Gasteiger charge is 2.34. The van der Waals surface area contributed by atoms with Crippen molar-refractivity contribution in [3.05, 3.63) is 175 Å². The molecule has 2 aliphatic rings. The molecule has 12 rings (SSSR count). The second kappa shape index (κ2) is 10.4. The van der Waals surface area contributed by atoms with Gasteiger partial charge in [0.1, 0.15) is 23.0 Å². The van der Waals surface area contributed by atoms with Crippen molar-refractivity contribution in [3.63, 3.8) is 0 Å². The van der Waals surface area contributed by atoms with Gasteiger partial charge < -0.3 is 18.3 Å². The number of rotatable bonds is 3. The summed E-state index contributed by atoms with van der Waals surface area (Å²) in [7, 11) is 0. The number of ether oxygens (including phenoxy) is 1. The minimum absolute atomic E-state index is 0.0262. The van der Waals surface area contributed by atoms with Crippen molar-refractivity contribution in [2.24, 2.45) is 0 Å². The zero-order valence-corrected chi connectivity index (χ0v) is 28.0. The van der Waals surface area contributed by atoms with Crippen LogP contribution in [0.5, 0.6) is 5.75 Å². The van der Waals surface area contributed by atoms with Crippen molar-refractivity contribution in [2.45, 2.75) is 12.0 Å². The molecule has 10 aromatic rings. The second-order valence-electron chi connectivity index (χ2n) is 14.0. The maximum atomic E-state index is 6.51. The van der Waals surface area contributed by atoms with Gasteiger partial charge in [0.2, 0.25) is 0 Å². The van der Waals surface area contributed by atoms with Crippen molar-refractivity contribution in [3.8, 4) is 22.6 Å². The van der Waals surface area contributed by atoms with Gasteiger partial charge in [0.05, 0.1) is 22.1 Å². The van der Waals surface area contributed by atoms with Crippen LogP contribution in [0.4, 0.5) is 0 Å². The largest absolute Gasteiger partial charge is 0.485 e. The molecule has 4 nitrogen and oxygen atoms in total. The van der Waals surface area contributed by atoms with E-state index < -0.39 is 0 Å². The molecule has 0 saturated carbocycles. The van der Waals surface area contributed by atoms with E-state index in [0.717, 1.165) is 38.9 Å². The molecule has 0 radical (unpaired) electrons. The van der Waals surface area contributed by atoms with Crippen LogP contribution in [0.3, 0.4) is 0 Å². The van der Waals surface area contributed by atoms with Gasteiger partial charge in [-0.15, -0.1) is 0 Å². The maximum absolute atomic E-state index is 6.51. The van der Waals surface area contributed by atoms with E-state index in [1.165, 1.54) is 60.4 Å². The smallest absolute Gasteiger partial charge is 0.135 e. The maximum Gasteiger partial charge on any atom is 0.135 e. The predicted octanol–water partition coefficient (Wildman–Crippen LogP) is 12.4. The van der Waals surface area contributed by atoms with E-state index in [0.29, 0.717) is 0 Å². The number of benzene rings is 7. The van der Waals surface area contributed by atoms with E-state index in [9.17, 15) is 0 Å². The second-order valence-corrected chi connectivity index (χ2v) is 14.0. The van der Waals surface area contributed by atoms with Crippen LogP contribution in [0.2, 0.25) is 0 Å². The summed E-state index contributed by atoms with van der Waals surface area (Å²) in [5.74, 6) is 1.07. The summed E-state index contributed by atoms with van der Waals surface area (Å²) >= 11 is 0. The Balaban J connectivity index is 0.969. The van der Waals surface area contributed by atoms with E-state index in [4.69, 9.17) is 9.15 Å². The lowest BCUT2D eigenvalue weighted by atomic mass is 9.89. The van der Waals surface area contributed by atoms with Crippen LogP contribution in [-0.2, 0) is 0 Å². The molecule has 4 heterocycles. The molecule has 0 fully saturated rings. The predicted molar refractivity (Wildman–Crippen MR) is 214 cm³/mol. The number of allylic oxidation sites excluding steroid dienone is 2. The molecule has 1 aliphatic heterocycles. The van der Waals surface area contributed by atoms with Gasteiger partial charge in [-0.2, -0.15) is 0 Å². The van der Waals surface area contributed by atoms with Gasteiger partial charge in [-0.1, -0.05) is 84.9 Å². The zero-order valence-electron chi connectivity index (χ0n) is 28.0. The summed E-state index contributed by atoms with van der Waals surface area (Å²) in [6, 6.07) is 54.4. The Kier molecular flexibility index (Phi) is 5.58. The summed E-state index contributed by atoms with van der Waals surface area (Å²) in [6.07, 6.45) is 6.81. The monoisotopic (exact) mass is 666 g/mol. The number of aromatic nitrogens is 2. The lowest BCUT2D eigenvalue weighted by Gasteiger charge is -2.20. The standard InChI is InChI=1S/C48H30N2O2/c1-5-13-41-33(9-1)34-10-2-6-14-42(34)49(41)31-19-23-47-39(27-31)37-25-29(17-21-45(37)51-47)30-18-22-46-38(26-30)40-28-32(20-24-48(40)52-46)50-43-15-7-3-11-35(43)36-12-4-8-16-44(36)50/h1-28,39,47H. The third kappa shape index (κ3) is 3.86. The number of fused-ring (bicyclic) bond motifs is 12. The minimum Gasteiger partial charge on any atom is -0.485 e. The zero-order chi connectivity index (χ0) is 33.9. The first-order valence-electron chi connectivity index (χ1n) is 17.9. The van der Waals surface area contributed by atoms with Crippen LogP contribution in [-0.4, -0.2) is 15.2 Å². The van der Waals surface area contributed by atoms with Crippen LogP contribution in [0.25, 0.3) is 88.1 Å². The van der Waals surface area contributed by atoms with E-state index in [2.05, 4.69) is 179 Å². The SMILES string of the molecule is C1=CC2Oc3ccc(-c4ccc5oc6ccc(-n7c8ccccc8c8ccccc87)cc6c5c4)cc3C2C=C1n1c2ccccc2c2ccccc21. The minimum atomic E-state index is -0.0262. The van der Waals surface area contributed by atoms with Gasteiger partial charge >= 0.3 is 0 Å². The molecule has 52 heavy (non-hydrogen) atoms. The quantitative estimate of drug-likeness (QED) is 0.188. The first-order valence-corrected chi connectivity index (χ1v) is 17.9. The number of nitrogens with zero attached hydrogens (tertiary/aromatic N) is 2. The molecule has 0 saturated heterocycles. The van der Waals surface area contributed by atoms with Crippen molar-refractivity contribution >= 4 is 71.2 Å². The molecule has 0 N–H and O–H groups in total. The number of para-hydroxylation sites is 4. The fourth-order valence-electron chi connectivity index (χ4n) is 8.90. The highest BCUT2D eigenvalue weighted by atomic mass is 16.5. The Bertz CT molecular complexity index is 3080. The van der Waals surface area contributed by atoms with Crippen molar-refractivity contribution in [2.75, 3.05) is 0 Å². The Morgan fingerprint density at radius 3 is 1.65 bits per heavy atom.